The van der Waals surface area contributed by atoms with Gasteiger partial charge in [0, 0.05) is 10.0 Å². The van der Waals surface area contributed by atoms with Crippen molar-refractivity contribution in [2.75, 3.05) is 7.11 Å². The smallest absolute Gasteiger partial charge is 0.127 e. The molecule has 1 aromatic rings. The lowest BCUT2D eigenvalue weighted by Gasteiger charge is -2.24. The van der Waals surface area contributed by atoms with Gasteiger partial charge in [-0.15, -0.1) is 0 Å². The van der Waals surface area contributed by atoms with Crippen LogP contribution in [-0.2, 0) is 0 Å². The first kappa shape index (κ1) is 14.5. The maximum atomic E-state index is 10.4. The molecule has 17 heavy (non-hydrogen) atoms. The lowest BCUT2D eigenvalue weighted by atomic mass is 9.90. The molecule has 1 rings (SSSR count). The van der Waals surface area contributed by atoms with Crippen molar-refractivity contribution in [3.8, 4) is 5.75 Å². The minimum Gasteiger partial charge on any atom is -0.496 e. The van der Waals surface area contributed by atoms with Crippen LogP contribution < -0.4 is 4.74 Å². The molecule has 2 atom stereocenters. The van der Waals surface area contributed by atoms with Crippen LogP contribution >= 0.6 is 15.9 Å². The Morgan fingerprint density at radius 2 is 2.00 bits per heavy atom. The highest BCUT2D eigenvalue weighted by molar-refractivity contribution is 9.10. The van der Waals surface area contributed by atoms with Crippen LogP contribution in [0.4, 0.5) is 0 Å². The van der Waals surface area contributed by atoms with Crippen LogP contribution in [0.2, 0.25) is 0 Å². The molecule has 1 aromatic carbocycles. The molecule has 0 radical (unpaired) electrons. The first-order valence-electron chi connectivity index (χ1n) is 5.95. The number of aliphatic hydroxyl groups is 1. The van der Waals surface area contributed by atoms with Gasteiger partial charge in [-0.1, -0.05) is 36.2 Å². The summed E-state index contributed by atoms with van der Waals surface area (Å²) < 4.78 is 6.47. The second-order valence-corrected chi connectivity index (χ2v) is 5.43. The zero-order valence-corrected chi connectivity index (χ0v) is 12.8. The summed E-state index contributed by atoms with van der Waals surface area (Å²) in [6.07, 6.45) is 0.459. The highest BCUT2D eigenvalue weighted by Gasteiger charge is 2.23. The molecule has 0 bridgehead atoms. The fourth-order valence-electron chi connectivity index (χ4n) is 2.01. The third kappa shape index (κ3) is 2.83. The van der Waals surface area contributed by atoms with E-state index in [0.717, 1.165) is 33.3 Å². The number of aryl methyl sites for hydroxylation is 1. The molecule has 0 saturated heterocycles. The summed E-state index contributed by atoms with van der Waals surface area (Å²) in [6, 6.07) is 2.03. The molecule has 1 N–H and O–H groups in total. The first-order chi connectivity index (χ1) is 7.93. The molecule has 0 saturated carbocycles. The third-order valence-electron chi connectivity index (χ3n) is 3.39. The summed E-state index contributed by atoms with van der Waals surface area (Å²) in [6.45, 7) is 8.14. The van der Waals surface area contributed by atoms with Gasteiger partial charge in [0.2, 0.25) is 0 Å². The van der Waals surface area contributed by atoms with Crippen molar-refractivity contribution in [3.05, 3.63) is 27.2 Å². The maximum absolute atomic E-state index is 10.4. The minimum atomic E-state index is -0.480. The molecule has 0 heterocycles. The Labute approximate surface area is 112 Å². The molecule has 0 amide bonds. The van der Waals surface area contributed by atoms with Crippen molar-refractivity contribution < 1.29 is 9.84 Å². The van der Waals surface area contributed by atoms with E-state index in [-0.39, 0.29) is 5.92 Å². The van der Waals surface area contributed by atoms with E-state index < -0.39 is 6.10 Å². The molecule has 0 aliphatic rings. The topological polar surface area (TPSA) is 29.5 Å². The number of benzene rings is 1. The van der Waals surface area contributed by atoms with Crippen molar-refractivity contribution in [2.45, 2.75) is 40.2 Å². The van der Waals surface area contributed by atoms with Crippen molar-refractivity contribution in [1.29, 1.82) is 0 Å². The van der Waals surface area contributed by atoms with Gasteiger partial charge >= 0.3 is 0 Å². The molecule has 3 heteroatoms. The maximum Gasteiger partial charge on any atom is 0.127 e. The zero-order valence-electron chi connectivity index (χ0n) is 11.2. The van der Waals surface area contributed by atoms with Crippen LogP contribution in [0, 0.1) is 19.8 Å². The molecular formula is C14H21BrO2. The van der Waals surface area contributed by atoms with Crippen LogP contribution in [0.5, 0.6) is 5.75 Å². The Balaban J connectivity index is 3.38. The van der Waals surface area contributed by atoms with E-state index in [1.165, 1.54) is 0 Å². The van der Waals surface area contributed by atoms with Gasteiger partial charge in [-0.3, -0.25) is 0 Å². The molecular weight excluding hydrogens is 280 g/mol. The van der Waals surface area contributed by atoms with Gasteiger partial charge in [0.25, 0.3) is 0 Å². The summed E-state index contributed by atoms with van der Waals surface area (Å²) in [5.41, 5.74) is 3.01. The Bertz CT molecular complexity index is 402. The second-order valence-electron chi connectivity index (χ2n) is 4.58. The number of hydrogen-bond donors (Lipinski definition) is 1. The predicted molar refractivity (Wildman–Crippen MR) is 74.6 cm³/mol. The quantitative estimate of drug-likeness (QED) is 0.905. The predicted octanol–water partition coefficient (Wildman–Crippen LogP) is 4.15. The molecule has 2 nitrogen and oxygen atoms in total. The van der Waals surface area contributed by atoms with Crippen molar-refractivity contribution in [1.82, 2.24) is 0 Å². The standard InChI is InChI=1S/C14H21BrO2/c1-6-8(2)13(16)12-10(4)11(15)7-9(3)14(12)17-5/h7-8,13,16H,6H2,1-5H3. The average Bonchev–Trinajstić information content (AvgIpc) is 2.31. The number of aliphatic hydroxyl groups excluding tert-OH is 1. The van der Waals surface area contributed by atoms with E-state index in [9.17, 15) is 5.11 Å². The van der Waals surface area contributed by atoms with E-state index in [4.69, 9.17) is 4.74 Å². The van der Waals surface area contributed by atoms with Crippen LogP contribution in [0.15, 0.2) is 10.5 Å². The Hall–Kier alpha value is -0.540. The Morgan fingerprint density at radius 1 is 1.41 bits per heavy atom. The lowest BCUT2D eigenvalue weighted by Crippen LogP contribution is -2.12. The van der Waals surface area contributed by atoms with Gasteiger partial charge < -0.3 is 9.84 Å². The molecule has 0 fully saturated rings. The van der Waals surface area contributed by atoms with Crippen molar-refractivity contribution in [2.24, 2.45) is 5.92 Å². The molecule has 0 aromatic heterocycles. The summed E-state index contributed by atoms with van der Waals surface area (Å²) >= 11 is 3.53. The van der Waals surface area contributed by atoms with E-state index in [1.807, 2.05) is 19.9 Å². The van der Waals surface area contributed by atoms with Gasteiger partial charge in [-0.25, -0.2) is 0 Å². The van der Waals surface area contributed by atoms with Crippen LogP contribution in [0.25, 0.3) is 0 Å². The van der Waals surface area contributed by atoms with Crippen LogP contribution in [-0.4, -0.2) is 12.2 Å². The normalized spacial score (nSPS) is 14.5. The summed E-state index contributed by atoms with van der Waals surface area (Å²) in [5, 5.41) is 10.4. The van der Waals surface area contributed by atoms with Gasteiger partial charge in [0.05, 0.1) is 13.2 Å². The largest absolute Gasteiger partial charge is 0.496 e. The summed E-state index contributed by atoms with van der Waals surface area (Å²) in [7, 11) is 1.66. The Morgan fingerprint density at radius 3 is 2.47 bits per heavy atom. The summed E-state index contributed by atoms with van der Waals surface area (Å²) in [4.78, 5) is 0. The number of methoxy groups -OCH3 is 1. The van der Waals surface area contributed by atoms with E-state index in [1.54, 1.807) is 7.11 Å². The lowest BCUT2D eigenvalue weighted by molar-refractivity contribution is 0.111. The molecule has 96 valence electrons. The fourth-order valence-corrected chi connectivity index (χ4v) is 2.57. The SMILES string of the molecule is CCC(C)C(O)c1c(C)c(Br)cc(C)c1OC. The van der Waals surface area contributed by atoms with Crippen LogP contribution in [0.1, 0.15) is 43.1 Å². The Kier molecular flexibility index (Phi) is 5.02. The van der Waals surface area contributed by atoms with Crippen LogP contribution in [0.3, 0.4) is 0 Å². The van der Waals surface area contributed by atoms with Gasteiger partial charge in [0.15, 0.2) is 0 Å². The fraction of sp³-hybridized carbons (Fsp3) is 0.571. The summed E-state index contributed by atoms with van der Waals surface area (Å²) in [5.74, 6) is 1.02. The second kappa shape index (κ2) is 5.87. The monoisotopic (exact) mass is 300 g/mol. The van der Waals surface area contributed by atoms with E-state index >= 15 is 0 Å². The van der Waals surface area contributed by atoms with E-state index in [2.05, 4.69) is 29.8 Å². The van der Waals surface area contributed by atoms with Crippen molar-refractivity contribution >= 4 is 15.9 Å². The molecule has 0 aliphatic heterocycles. The molecule has 2 unspecified atom stereocenters. The average molecular weight is 301 g/mol. The van der Waals surface area contributed by atoms with E-state index in [0.29, 0.717) is 0 Å². The van der Waals surface area contributed by atoms with Gasteiger partial charge in [-0.2, -0.15) is 0 Å². The van der Waals surface area contributed by atoms with Gasteiger partial charge in [0.1, 0.15) is 5.75 Å². The highest BCUT2D eigenvalue weighted by atomic mass is 79.9. The zero-order chi connectivity index (χ0) is 13.2. The first-order valence-corrected chi connectivity index (χ1v) is 6.74. The molecule has 0 spiro atoms. The minimum absolute atomic E-state index is 0.219. The van der Waals surface area contributed by atoms with Crippen molar-refractivity contribution in [3.63, 3.8) is 0 Å². The van der Waals surface area contributed by atoms with Gasteiger partial charge in [-0.05, 0) is 37.0 Å². The third-order valence-corrected chi connectivity index (χ3v) is 4.21. The number of halogens is 1. The number of ether oxygens (including phenoxy) is 1. The highest BCUT2D eigenvalue weighted by Crippen LogP contribution is 2.39. The number of rotatable bonds is 4. The molecule has 0 aliphatic carbocycles. The number of hydrogen-bond acceptors (Lipinski definition) is 2.